The number of carbonyl (C=O) groups is 2. The number of tetrazole rings is 1. The number of alkyl halides is 3. The van der Waals surface area contributed by atoms with Gasteiger partial charge in [0.25, 0.3) is 5.82 Å². The summed E-state index contributed by atoms with van der Waals surface area (Å²) >= 11 is 0. The summed E-state index contributed by atoms with van der Waals surface area (Å²) in [7, 11) is 0. The van der Waals surface area contributed by atoms with E-state index in [1.165, 1.54) is 18.2 Å². The zero-order valence-electron chi connectivity index (χ0n) is 23.0. The Morgan fingerprint density at radius 3 is 2.38 bits per heavy atom. The van der Waals surface area contributed by atoms with Gasteiger partial charge in [-0.15, -0.1) is 17.5 Å². The Balaban J connectivity index is 0.00000405. The first-order valence-corrected chi connectivity index (χ1v) is 13.6. The smallest absolute Gasteiger partial charge is 0.453 e. The van der Waals surface area contributed by atoms with Crippen molar-refractivity contribution in [3.63, 3.8) is 0 Å². The molecule has 2 aliphatic heterocycles. The van der Waals surface area contributed by atoms with Gasteiger partial charge in [-0.1, -0.05) is 30.3 Å². The van der Waals surface area contributed by atoms with E-state index in [0.717, 1.165) is 5.56 Å². The Morgan fingerprint density at radius 1 is 1.02 bits per heavy atom. The fraction of sp³-hybridized carbons (Fsp3) is 0.464. The summed E-state index contributed by atoms with van der Waals surface area (Å²) in [6.07, 6.45) is -2.78. The van der Waals surface area contributed by atoms with Crippen molar-refractivity contribution in [3.05, 3.63) is 65.5 Å². The third-order valence-electron chi connectivity index (χ3n) is 8.03. The van der Waals surface area contributed by atoms with Crippen LogP contribution in [0.5, 0.6) is 5.75 Å². The molecule has 5 rings (SSSR count). The Bertz CT molecular complexity index is 1380. The van der Waals surface area contributed by atoms with Gasteiger partial charge >= 0.3 is 6.18 Å². The zero-order chi connectivity index (χ0) is 29.1. The maximum atomic E-state index is 13.5. The maximum absolute atomic E-state index is 13.5. The first-order valence-electron chi connectivity index (χ1n) is 13.6. The molecule has 2 saturated heterocycles. The van der Waals surface area contributed by atoms with Crippen molar-refractivity contribution < 1.29 is 27.9 Å². The number of nitrogens with zero attached hydrogens (tertiary/aromatic N) is 6. The summed E-state index contributed by atoms with van der Waals surface area (Å²) in [5.41, 5.74) is 1.54. The molecular weight excluding hydrogens is 575 g/mol. The number of phenols is 1. The van der Waals surface area contributed by atoms with Crippen LogP contribution in [-0.4, -0.2) is 79.1 Å². The molecule has 2 atom stereocenters. The van der Waals surface area contributed by atoms with E-state index in [1.807, 2.05) is 35.2 Å². The highest BCUT2D eigenvalue weighted by Gasteiger charge is 2.39. The minimum Gasteiger partial charge on any atom is -0.508 e. The lowest BCUT2D eigenvalue weighted by Gasteiger charge is -2.41. The molecule has 2 amide bonds. The van der Waals surface area contributed by atoms with Crippen LogP contribution in [0, 0.1) is 5.92 Å². The molecule has 1 aromatic heterocycles. The fourth-order valence-corrected chi connectivity index (χ4v) is 5.76. The lowest BCUT2D eigenvalue weighted by molar-refractivity contribution is -0.146. The van der Waals surface area contributed by atoms with Crippen molar-refractivity contribution >= 4 is 24.2 Å². The van der Waals surface area contributed by atoms with E-state index in [0.29, 0.717) is 55.7 Å². The van der Waals surface area contributed by atoms with Crippen LogP contribution in [-0.2, 0) is 22.3 Å². The van der Waals surface area contributed by atoms with Crippen LogP contribution in [0.25, 0.3) is 5.69 Å². The number of aromatic nitrogens is 4. The zero-order valence-corrected chi connectivity index (χ0v) is 23.8. The van der Waals surface area contributed by atoms with E-state index in [-0.39, 0.29) is 60.1 Å². The molecule has 3 heterocycles. The standard InChI is InChI=1S/C28H32F3N7O3.ClH/c1-18(39)36-12-9-20(10-13-36)26(41)37-14-11-24(23(17-37)19-5-3-2-4-6-19)32-16-21-15-22(7-8-25(21)40)38-27(28(29,30)31)33-34-35-38;/h2-8,15,20,23-24,32,40H,9-14,16-17H2,1H3;1H/t23?,24-;/m0./s1. The third-order valence-corrected chi connectivity index (χ3v) is 8.03. The van der Waals surface area contributed by atoms with Crippen LogP contribution >= 0.6 is 12.4 Å². The van der Waals surface area contributed by atoms with E-state index in [1.54, 1.807) is 11.8 Å². The molecule has 0 spiro atoms. The highest BCUT2D eigenvalue weighted by Crippen LogP contribution is 2.32. The van der Waals surface area contributed by atoms with Gasteiger partial charge in [0.15, 0.2) is 0 Å². The topological polar surface area (TPSA) is 116 Å². The first kappa shape index (κ1) is 31.2. The number of aromatic hydroxyl groups is 1. The average molecular weight is 608 g/mol. The van der Waals surface area contributed by atoms with E-state index in [4.69, 9.17) is 0 Å². The Hall–Kier alpha value is -3.71. The highest BCUT2D eigenvalue weighted by molar-refractivity contribution is 5.85. The van der Waals surface area contributed by atoms with E-state index in [2.05, 4.69) is 20.8 Å². The average Bonchev–Trinajstić information content (AvgIpc) is 3.48. The number of benzene rings is 2. The number of likely N-dealkylation sites (tertiary alicyclic amines) is 2. The molecule has 2 fully saturated rings. The van der Waals surface area contributed by atoms with Gasteiger partial charge in [-0.2, -0.15) is 17.9 Å². The van der Waals surface area contributed by atoms with E-state index >= 15 is 0 Å². The Morgan fingerprint density at radius 2 is 1.71 bits per heavy atom. The van der Waals surface area contributed by atoms with Gasteiger partial charge in [0, 0.05) is 63.1 Å². The molecule has 2 aliphatic rings. The van der Waals surface area contributed by atoms with Gasteiger partial charge in [-0.25, -0.2) is 0 Å². The predicted octanol–water partition coefficient (Wildman–Crippen LogP) is 3.54. The minimum atomic E-state index is -4.74. The van der Waals surface area contributed by atoms with Crippen molar-refractivity contribution in [2.45, 2.75) is 50.9 Å². The number of halogens is 4. The van der Waals surface area contributed by atoms with Crippen LogP contribution in [0.4, 0.5) is 13.2 Å². The third kappa shape index (κ3) is 6.84. The molecule has 2 aromatic carbocycles. The van der Waals surface area contributed by atoms with Crippen LogP contribution in [0.2, 0.25) is 0 Å². The SMILES string of the molecule is CC(=O)N1CCC(C(=O)N2CC[C@H](NCc3cc(-n4nnnc4C(F)(F)F)ccc3O)C(c3ccccc3)C2)CC1.Cl. The predicted molar refractivity (Wildman–Crippen MR) is 149 cm³/mol. The minimum absolute atomic E-state index is 0. The van der Waals surface area contributed by atoms with Crippen LogP contribution < -0.4 is 5.32 Å². The largest absolute Gasteiger partial charge is 0.508 e. The van der Waals surface area contributed by atoms with Crippen molar-refractivity contribution in [1.29, 1.82) is 0 Å². The maximum Gasteiger partial charge on any atom is 0.453 e. The molecule has 42 heavy (non-hydrogen) atoms. The van der Waals surface area contributed by atoms with Crippen LogP contribution in [0.3, 0.4) is 0 Å². The summed E-state index contributed by atoms with van der Waals surface area (Å²) in [6.45, 7) is 3.98. The van der Waals surface area contributed by atoms with Crippen LogP contribution in [0.1, 0.15) is 49.1 Å². The number of piperidine rings is 2. The molecule has 0 radical (unpaired) electrons. The summed E-state index contributed by atoms with van der Waals surface area (Å²) in [5, 5.41) is 23.7. The molecule has 2 N–H and O–H groups in total. The lowest BCUT2D eigenvalue weighted by Crippen LogP contribution is -2.52. The molecule has 0 bridgehead atoms. The van der Waals surface area contributed by atoms with Crippen molar-refractivity contribution in [1.82, 2.24) is 35.3 Å². The van der Waals surface area contributed by atoms with Gasteiger partial charge < -0.3 is 20.2 Å². The Kier molecular flexibility index (Phi) is 9.72. The van der Waals surface area contributed by atoms with E-state index < -0.39 is 12.0 Å². The van der Waals surface area contributed by atoms with Gasteiger partial charge in [0.1, 0.15) is 5.75 Å². The number of hydrogen-bond acceptors (Lipinski definition) is 7. The highest BCUT2D eigenvalue weighted by atomic mass is 35.5. The number of phenolic OH excluding ortho intramolecular Hbond substituents is 1. The molecule has 14 heteroatoms. The molecule has 10 nitrogen and oxygen atoms in total. The van der Waals surface area contributed by atoms with Crippen molar-refractivity contribution in [2.24, 2.45) is 5.92 Å². The first-order chi connectivity index (χ1) is 19.6. The van der Waals surface area contributed by atoms with Crippen molar-refractivity contribution in [3.8, 4) is 11.4 Å². The monoisotopic (exact) mass is 607 g/mol. The molecule has 1 unspecified atom stereocenters. The van der Waals surface area contributed by atoms with Crippen molar-refractivity contribution in [2.75, 3.05) is 26.2 Å². The summed E-state index contributed by atoms with van der Waals surface area (Å²) in [4.78, 5) is 28.8. The second-order valence-corrected chi connectivity index (χ2v) is 10.6. The normalized spacial score (nSPS) is 19.8. The molecular formula is C28H33ClF3N7O3. The summed E-state index contributed by atoms with van der Waals surface area (Å²) in [6, 6.07) is 13.9. The quantitative estimate of drug-likeness (QED) is 0.440. The molecule has 0 aliphatic carbocycles. The number of nitrogens with one attached hydrogen (secondary N) is 1. The van der Waals surface area contributed by atoms with E-state index in [9.17, 15) is 27.9 Å². The van der Waals surface area contributed by atoms with Crippen LogP contribution in [0.15, 0.2) is 48.5 Å². The summed E-state index contributed by atoms with van der Waals surface area (Å²) in [5.74, 6) is -1.33. The number of rotatable bonds is 6. The van der Waals surface area contributed by atoms with Gasteiger partial charge in [-0.3, -0.25) is 9.59 Å². The second-order valence-electron chi connectivity index (χ2n) is 10.6. The molecule has 226 valence electrons. The molecule has 3 aromatic rings. The lowest BCUT2D eigenvalue weighted by atomic mass is 9.84. The Labute approximate surface area is 247 Å². The number of hydrogen-bond donors (Lipinski definition) is 2. The van der Waals surface area contributed by atoms with Gasteiger partial charge in [0.05, 0.1) is 5.69 Å². The second kappa shape index (κ2) is 13.1. The fourth-order valence-electron chi connectivity index (χ4n) is 5.76. The molecule has 0 saturated carbocycles. The van der Waals surface area contributed by atoms with Gasteiger partial charge in [-0.05, 0) is 53.5 Å². The number of carbonyl (C=O) groups excluding carboxylic acids is 2. The van der Waals surface area contributed by atoms with Gasteiger partial charge in [0.2, 0.25) is 11.8 Å². The number of amides is 2. The summed E-state index contributed by atoms with van der Waals surface area (Å²) < 4.78 is 40.6.